The van der Waals surface area contributed by atoms with Gasteiger partial charge in [0.2, 0.25) is 0 Å². The van der Waals surface area contributed by atoms with Crippen LogP contribution in [0.1, 0.15) is 33.1 Å². The van der Waals surface area contributed by atoms with Gasteiger partial charge in [-0.15, -0.1) is 0 Å². The second kappa shape index (κ2) is 6.39. The van der Waals surface area contributed by atoms with Crippen LogP contribution in [-0.4, -0.2) is 37.6 Å². The fraction of sp³-hybridized carbons (Fsp3) is 1.00. The van der Waals surface area contributed by atoms with E-state index in [1.54, 1.807) is 0 Å². The van der Waals surface area contributed by atoms with Gasteiger partial charge in [0.25, 0.3) is 0 Å². The number of hydrogen-bond acceptors (Lipinski definition) is 2. The zero-order valence-electron chi connectivity index (χ0n) is 9.18. The summed E-state index contributed by atoms with van der Waals surface area (Å²) in [4.78, 5) is 2.61. The highest BCUT2D eigenvalue weighted by Gasteiger charge is 2.11. The molecular weight excluding hydrogens is 160 g/mol. The highest BCUT2D eigenvalue weighted by Crippen LogP contribution is 2.07. The van der Waals surface area contributed by atoms with Gasteiger partial charge < -0.3 is 10.2 Å². The minimum absolute atomic E-state index is 0.865. The Morgan fingerprint density at radius 1 is 1.38 bits per heavy atom. The van der Waals surface area contributed by atoms with Crippen molar-refractivity contribution in [1.29, 1.82) is 0 Å². The molecule has 0 amide bonds. The van der Waals surface area contributed by atoms with Crippen molar-refractivity contribution in [2.45, 2.75) is 33.1 Å². The fourth-order valence-corrected chi connectivity index (χ4v) is 1.92. The molecule has 1 rings (SSSR count). The Hall–Kier alpha value is -0.0800. The first-order valence-corrected chi connectivity index (χ1v) is 5.76. The third-order valence-corrected chi connectivity index (χ3v) is 2.82. The molecular formula is C11H24N2. The molecule has 1 unspecified atom stereocenters. The fourth-order valence-electron chi connectivity index (χ4n) is 1.92. The molecule has 0 spiro atoms. The lowest BCUT2D eigenvalue weighted by Gasteiger charge is -2.28. The first kappa shape index (κ1) is 11.0. The molecule has 1 N–H and O–H groups in total. The van der Waals surface area contributed by atoms with E-state index >= 15 is 0 Å². The Kier molecular flexibility index (Phi) is 5.40. The van der Waals surface area contributed by atoms with Crippen LogP contribution in [0.15, 0.2) is 0 Å². The zero-order valence-corrected chi connectivity index (χ0v) is 9.18. The van der Waals surface area contributed by atoms with Crippen LogP contribution in [-0.2, 0) is 0 Å². The standard InChI is InChI=1S/C11H24N2/c1-3-4-8-13-9-7-12-6-5-11(2)10-13/h11-12H,3-10H2,1-2H3. The number of rotatable bonds is 3. The summed E-state index contributed by atoms with van der Waals surface area (Å²) >= 11 is 0. The van der Waals surface area contributed by atoms with Crippen LogP contribution in [0.4, 0.5) is 0 Å². The van der Waals surface area contributed by atoms with Gasteiger partial charge in [-0.25, -0.2) is 0 Å². The maximum atomic E-state index is 3.48. The lowest BCUT2D eigenvalue weighted by Crippen LogP contribution is -2.39. The molecule has 1 aliphatic heterocycles. The van der Waals surface area contributed by atoms with Crippen molar-refractivity contribution in [3.63, 3.8) is 0 Å². The monoisotopic (exact) mass is 184 g/mol. The molecule has 13 heavy (non-hydrogen) atoms. The highest BCUT2D eigenvalue weighted by atomic mass is 15.1. The van der Waals surface area contributed by atoms with Gasteiger partial charge >= 0.3 is 0 Å². The van der Waals surface area contributed by atoms with Crippen molar-refractivity contribution >= 4 is 0 Å². The molecule has 0 aliphatic carbocycles. The smallest absolute Gasteiger partial charge is 0.0107 e. The van der Waals surface area contributed by atoms with Crippen LogP contribution in [0.5, 0.6) is 0 Å². The van der Waals surface area contributed by atoms with Crippen LogP contribution in [0.3, 0.4) is 0 Å². The average molecular weight is 184 g/mol. The van der Waals surface area contributed by atoms with Crippen LogP contribution >= 0.6 is 0 Å². The van der Waals surface area contributed by atoms with Crippen molar-refractivity contribution in [2.75, 3.05) is 32.7 Å². The topological polar surface area (TPSA) is 15.3 Å². The van der Waals surface area contributed by atoms with E-state index in [2.05, 4.69) is 24.1 Å². The summed E-state index contributed by atoms with van der Waals surface area (Å²) in [6.07, 6.45) is 4.01. The highest BCUT2D eigenvalue weighted by molar-refractivity contribution is 4.68. The minimum atomic E-state index is 0.865. The Morgan fingerprint density at radius 3 is 3.00 bits per heavy atom. The summed E-state index contributed by atoms with van der Waals surface area (Å²) in [6.45, 7) is 10.9. The Labute approximate surface area is 82.7 Å². The van der Waals surface area contributed by atoms with Crippen molar-refractivity contribution in [3.8, 4) is 0 Å². The molecule has 0 radical (unpaired) electrons. The Bertz CT molecular complexity index is 123. The maximum absolute atomic E-state index is 3.48. The van der Waals surface area contributed by atoms with Gasteiger partial charge in [-0.05, 0) is 31.8 Å². The van der Waals surface area contributed by atoms with Gasteiger partial charge in [0.15, 0.2) is 0 Å². The Morgan fingerprint density at radius 2 is 2.23 bits per heavy atom. The van der Waals surface area contributed by atoms with Crippen LogP contribution in [0, 0.1) is 5.92 Å². The second-order valence-corrected chi connectivity index (χ2v) is 4.30. The van der Waals surface area contributed by atoms with E-state index in [0.29, 0.717) is 0 Å². The van der Waals surface area contributed by atoms with E-state index in [0.717, 1.165) is 5.92 Å². The van der Waals surface area contributed by atoms with E-state index in [9.17, 15) is 0 Å². The third-order valence-electron chi connectivity index (χ3n) is 2.82. The number of unbranched alkanes of at least 4 members (excludes halogenated alkanes) is 1. The molecule has 0 aromatic rings. The van der Waals surface area contributed by atoms with Crippen molar-refractivity contribution in [3.05, 3.63) is 0 Å². The molecule has 0 aromatic heterocycles. The first-order valence-electron chi connectivity index (χ1n) is 5.76. The molecule has 0 aromatic carbocycles. The molecule has 1 saturated heterocycles. The van der Waals surface area contributed by atoms with E-state index < -0.39 is 0 Å². The van der Waals surface area contributed by atoms with Gasteiger partial charge in [0, 0.05) is 19.6 Å². The first-order chi connectivity index (χ1) is 6.33. The van der Waals surface area contributed by atoms with Gasteiger partial charge in [-0.3, -0.25) is 0 Å². The summed E-state index contributed by atoms with van der Waals surface area (Å²) in [5.74, 6) is 0.865. The second-order valence-electron chi connectivity index (χ2n) is 4.30. The normalized spacial score (nSPS) is 26.8. The number of nitrogens with zero attached hydrogens (tertiary/aromatic N) is 1. The van der Waals surface area contributed by atoms with Crippen molar-refractivity contribution in [2.24, 2.45) is 5.92 Å². The molecule has 78 valence electrons. The average Bonchev–Trinajstić information content (AvgIpc) is 2.09. The Balaban J connectivity index is 2.23. The molecule has 0 saturated carbocycles. The number of hydrogen-bond donors (Lipinski definition) is 1. The summed E-state index contributed by atoms with van der Waals surface area (Å²) in [5.41, 5.74) is 0. The van der Waals surface area contributed by atoms with E-state index in [1.165, 1.54) is 52.0 Å². The third kappa shape index (κ3) is 4.63. The van der Waals surface area contributed by atoms with Crippen LogP contribution in [0.25, 0.3) is 0 Å². The predicted molar refractivity (Wildman–Crippen MR) is 58.0 cm³/mol. The van der Waals surface area contributed by atoms with Crippen molar-refractivity contribution in [1.82, 2.24) is 10.2 Å². The van der Waals surface area contributed by atoms with E-state index in [1.807, 2.05) is 0 Å². The molecule has 1 atom stereocenters. The minimum Gasteiger partial charge on any atom is -0.315 e. The zero-order chi connectivity index (χ0) is 9.52. The van der Waals surface area contributed by atoms with E-state index in [-0.39, 0.29) is 0 Å². The predicted octanol–water partition coefficient (Wildman–Crippen LogP) is 1.72. The summed E-state index contributed by atoms with van der Waals surface area (Å²) < 4.78 is 0. The van der Waals surface area contributed by atoms with Crippen LogP contribution < -0.4 is 5.32 Å². The molecule has 2 heteroatoms. The molecule has 1 aliphatic rings. The maximum Gasteiger partial charge on any atom is 0.0107 e. The lowest BCUT2D eigenvalue weighted by molar-refractivity contribution is 0.214. The summed E-state index contributed by atoms with van der Waals surface area (Å²) in [5, 5.41) is 3.48. The van der Waals surface area contributed by atoms with Crippen molar-refractivity contribution < 1.29 is 0 Å². The molecule has 1 fully saturated rings. The van der Waals surface area contributed by atoms with Gasteiger partial charge in [-0.1, -0.05) is 20.3 Å². The summed E-state index contributed by atoms with van der Waals surface area (Å²) in [6, 6.07) is 0. The van der Waals surface area contributed by atoms with E-state index in [4.69, 9.17) is 0 Å². The van der Waals surface area contributed by atoms with Gasteiger partial charge in [0.05, 0.1) is 0 Å². The van der Waals surface area contributed by atoms with Gasteiger partial charge in [0.1, 0.15) is 0 Å². The summed E-state index contributed by atoms with van der Waals surface area (Å²) in [7, 11) is 0. The molecule has 0 bridgehead atoms. The quantitative estimate of drug-likeness (QED) is 0.718. The van der Waals surface area contributed by atoms with Gasteiger partial charge in [-0.2, -0.15) is 0 Å². The van der Waals surface area contributed by atoms with Crippen LogP contribution in [0.2, 0.25) is 0 Å². The number of nitrogens with one attached hydrogen (secondary N) is 1. The molecule has 1 heterocycles. The largest absolute Gasteiger partial charge is 0.315 e. The SMILES string of the molecule is CCCCN1CCNCCC(C)C1. The lowest BCUT2D eigenvalue weighted by atomic mass is 10.1. The molecule has 2 nitrogen and oxygen atoms in total.